The molecule has 1 aromatic heterocycles. The highest BCUT2D eigenvalue weighted by Gasteiger charge is 2.40. The van der Waals surface area contributed by atoms with Gasteiger partial charge in [0.05, 0.1) is 22.6 Å². The lowest BCUT2D eigenvalue weighted by molar-refractivity contribution is -0.119. The van der Waals surface area contributed by atoms with Crippen LogP contribution in [-0.2, 0) is 4.79 Å². The zero-order valence-corrected chi connectivity index (χ0v) is 19.0. The zero-order chi connectivity index (χ0) is 23.9. The van der Waals surface area contributed by atoms with Gasteiger partial charge < -0.3 is 9.47 Å². The lowest BCUT2D eigenvalue weighted by Crippen LogP contribution is -2.47. The number of nitrogens with zero attached hydrogens (tertiary/aromatic N) is 3. The summed E-state index contributed by atoms with van der Waals surface area (Å²) in [4.78, 5) is 30.7. The number of carbonyl (C=O) groups excluding carboxylic acids is 2. The predicted molar refractivity (Wildman–Crippen MR) is 132 cm³/mol. The predicted octanol–water partition coefficient (Wildman–Crippen LogP) is 5.36. The third-order valence-electron chi connectivity index (χ3n) is 6.76. The molecule has 1 saturated carbocycles. The van der Waals surface area contributed by atoms with Crippen LogP contribution in [0.15, 0.2) is 97.2 Å². The number of hydrogen-bond donors (Lipinski definition) is 0. The highest BCUT2D eigenvalue weighted by molar-refractivity contribution is 6.03. The van der Waals surface area contributed by atoms with Crippen molar-refractivity contribution in [1.29, 1.82) is 0 Å². The average molecular weight is 466 g/mol. The Bertz CT molecular complexity index is 1410. The van der Waals surface area contributed by atoms with Crippen molar-refractivity contribution in [3.63, 3.8) is 0 Å². The van der Waals surface area contributed by atoms with Crippen LogP contribution in [0.4, 0.5) is 10.1 Å². The van der Waals surface area contributed by atoms with Crippen molar-refractivity contribution in [2.24, 2.45) is 0 Å². The van der Waals surface area contributed by atoms with E-state index >= 15 is 0 Å². The van der Waals surface area contributed by atoms with Gasteiger partial charge in [-0.25, -0.2) is 4.39 Å². The molecule has 1 fully saturated rings. The van der Waals surface area contributed by atoms with E-state index in [2.05, 4.69) is 4.57 Å². The largest absolute Gasteiger partial charge is 0.326 e. The van der Waals surface area contributed by atoms with Gasteiger partial charge in [0, 0.05) is 12.2 Å². The summed E-state index contributed by atoms with van der Waals surface area (Å²) in [6.45, 7) is -0.115. The molecule has 1 atom stereocenters. The van der Waals surface area contributed by atoms with E-state index in [0.717, 1.165) is 35.5 Å². The summed E-state index contributed by atoms with van der Waals surface area (Å²) >= 11 is 0. The van der Waals surface area contributed by atoms with Gasteiger partial charge >= 0.3 is 0 Å². The van der Waals surface area contributed by atoms with Crippen LogP contribution in [0.1, 0.15) is 40.5 Å². The van der Waals surface area contributed by atoms with Crippen molar-refractivity contribution < 1.29 is 14.0 Å². The highest BCUT2D eigenvalue weighted by Crippen LogP contribution is 2.42. The summed E-state index contributed by atoms with van der Waals surface area (Å²) in [5.41, 5.74) is 3.64. The Kier molecular flexibility index (Phi) is 5.21. The van der Waals surface area contributed by atoms with E-state index < -0.39 is 11.7 Å². The minimum absolute atomic E-state index is 0.000250. The number of para-hydroxylation sites is 2. The first-order chi connectivity index (χ1) is 17.1. The van der Waals surface area contributed by atoms with Gasteiger partial charge in [0.15, 0.2) is 0 Å². The van der Waals surface area contributed by atoms with Crippen molar-refractivity contribution in [2.45, 2.75) is 24.9 Å². The fourth-order valence-electron chi connectivity index (χ4n) is 4.98. The van der Waals surface area contributed by atoms with Gasteiger partial charge in [0.1, 0.15) is 18.4 Å². The number of benzene rings is 3. The molecule has 1 aliphatic carbocycles. The van der Waals surface area contributed by atoms with E-state index in [1.54, 1.807) is 21.9 Å². The number of hydrogen-bond acceptors (Lipinski definition) is 2. The topological polar surface area (TPSA) is 45.6 Å². The molecule has 174 valence electrons. The molecular weight excluding hydrogens is 441 g/mol. The van der Waals surface area contributed by atoms with Gasteiger partial charge in [-0.15, -0.1) is 0 Å². The minimum Gasteiger partial charge on any atom is -0.326 e. The normalized spacial score (nSPS) is 16.4. The second kappa shape index (κ2) is 8.55. The Morgan fingerprint density at radius 3 is 2.26 bits per heavy atom. The fraction of sp³-hybridized carbons (Fsp3) is 0.172. The zero-order valence-electron chi connectivity index (χ0n) is 19.0. The summed E-state index contributed by atoms with van der Waals surface area (Å²) in [6.07, 6.45) is 3.63. The maximum Gasteiger partial charge on any atom is 0.257 e. The van der Waals surface area contributed by atoms with Crippen LogP contribution in [0.5, 0.6) is 0 Å². The summed E-state index contributed by atoms with van der Waals surface area (Å²) in [6, 6.07) is 27.3. The van der Waals surface area contributed by atoms with Gasteiger partial charge in [-0.3, -0.25) is 14.5 Å². The Morgan fingerprint density at radius 2 is 1.51 bits per heavy atom. The molecule has 6 rings (SSSR count). The molecule has 1 aliphatic heterocycles. The van der Waals surface area contributed by atoms with Crippen LogP contribution in [0, 0.1) is 5.82 Å². The first-order valence-corrected chi connectivity index (χ1v) is 11.8. The quantitative estimate of drug-likeness (QED) is 0.399. The molecule has 0 spiro atoms. The number of amides is 2. The molecule has 5 nitrogen and oxygen atoms in total. The number of anilines is 1. The van der Waals surface area contributed by atoms with Crippen LogP contribution in [0.3, 0.4) is 0 Å². The first-order valence-electron chi connectivity index (χ1n) is 11.8. The summed E-state index contributed by atoms with van der Waals surface area (Å²) < 4.78 is 16.6. The summed E-state index contributed by atoms with van der Waals surface area (Å²) in [7, 11) is 0. The maximum atomic E-state index is 14.4. The number of aromatic nitrogens is 1. The van der Waals surface area contributed by atoms with Crippen LogP contribution in [-0.4, -0.2) is 33.9 Å². The monoisotopic (exact) mass is 465 g/mol. The van der Waals surface area contributed by atoms with E-state index in [0.29, 0.717) is 0 Å². The fourth-order valence-corrected chi connectivity index (χ4v) is 4.98. The number of carbonyl (C=O) groups is 2. The molecule has 6 heteroatoms. The van der Waals surface area contributed by atoms with Gasteiger partial charge in [-0.2, -0.15) is 0 Å². The molecule has 1 unspecified atom stereocenters. The third-order valence-corrected chi connectivity index (χ3v) is 6.76. The summed E-state index contributed by atoms with van der Waals surface area (Å²) in [5.74, 6) is -1.21. The lowest BCUT2D eigenvalue weighted by Gasteiger charge is -2.39. The van der Waals surface area contributed by atoms with Crippen LogP contribution in [0.25, 0.3) is 5.69 Å². The van der Waals surface area contributed by atoms with Gasteiger partial charge in [-0.1, -0.05) is 54.6 Å². The van der Waals surface area contributed by atoms with E-state index in [-0.39, 0.29) is 30.1 Å². The lowest BCUT2D eigenvalue weighted by atomic mass is 9.97. The van der Waals surface area contributed by atoms with Gasteiger partial charge in [0.25, 0.3) is 5.91 Å². The molecule has 0 saturated heterocycles. The van der Waals surface area contributed by atoms with Gasteiger partial charge in [-0.05, 0) is 54.8 Å². The maximum absolute atomic E-state index is 14.4. The number of fused-ring (bicyclic) bond motifs is 3. The van der Waals surface area contributed by atoms with E-state index in [9.17, 15) is 14.0 Å². The van der Waals surface area contributed by atoms with Crippen molar-refractivity contribution in [3.8, 4) is 5.69 Å². The van der Waals surface area contributed by atoms with Crippen molar-refractivity contribution in [2.75, 3.05) is 11.4 Å². The van der Waals surface area contributed by atoms with Crippen molar-refractivity contribution in [1.82, 2.24) is 9.47 Å². The Labute approximate surface area is 203 Å². The van der Waals surface area contributed by atoms with Crippen molar-refractivity contribution in [3.05, 3.63) is 120 Å². The van der Waals surface area contributed by atoms with Crippen LogP contribution in [0.2, 0.25) is 0 Å². The molecule has 0 bridgehead atoms. The second-order valence-electron chi connectivity index (χ2n) is 9.01. The van der Waals surface area contributed by atoms with E-state index in [1.807, 2.05) is 72.9 Å². The van der Waals surface area contributed by atoms with Gasteiger partial charge in [0.2, 0.25) is 5.91 Å². The standard InChI is InChI=1S/C29H24FN3O2/c30-23-12-5-4-11-22(23)29(35)32(21-16-17-21)19-27(34)33-25-14-7-6-13-24(25)31-18-8-15-26(31)28(33)20-9-2-1-3-10-20/h1-15,18,21,28H,16-17,19H2. The molecular formula is C29H24FN3O2. The molecule has 2 amide bonds. The smallest absolute Gasteiger partial charge is 0.257 e. The Balaban J connectivity index is 1.41. The average Bonchev–Trinajstić information content (AvgIpc) is 3.62. The Morgan fingerprint density at radius 1 is 0.829 bits per heavy atom. The van der Waals surface area contributed by atoms with Crippen LogP contribution >= 0.6 is 0 Å². The molecule has 2 heterocycles. The minimum atomic E-state index is -0.570. The highest BCUT2D eigenvalue weighted by atomic mass is 19.1. The SMILES string of the molecule is O=C(c1ccccc1F)N(CC(=O)N1c2ccccc2-n2cccc2C1c1ccccc1)C1CC1. The molecule has 4 aromatic rings. The second-order valence-corrected chi connectivity index (χ2v) is 9.01. The molecule has 0 radical (unpaired) electrons. The molecule has 0 N–H and O–H groups in total. The van der Waals surface area contributed by atoms with E-state index in [4.69, 9.17) is 0 Å². The van der Waals surface area contributed by atoms with Crippen LogP contribution < -0.4 is 4.90 Å². The summed E-state index contributed by atoms with van der Waals surface area (Å²) in [5, 5.41) is 0. The van der Waals surface area contributed by atoms with Crippen molar-refractivity contribution >= 4 is 17.5 Å². The number of rotatable bonds is 5. The number of halogens is 1. The molecule has 35 heavy (non-hydrogen) atoms. The third kappa shape index (κ3) is 3.71. The van der Waals surface area contributed by atoms with E-state index in [1.165, 1.54) is 12.1 Å². The molecule has 3 aromatic carbocycles. The molecule has 2 aliphatic rings. The Hall–Kier alpha value is -4.19. The first kappa shape index (κ1) is 21.4.